The zero-order valence-corrected chi connectivity index (χ0v) is 10.0. The molecule has 0 aromatic heterocycles. The van der Waals surface area contributed by atoms with Crippen molar-refractivity contribution in [1.29, 1.82) is 0 Å². The molecule has 1 atom stereocenters. The third-order valence-electron chi connectivity index (χ3n) is 2.51. The fraction of sp³-hybridized carbons (Fsp3) is 0.538. The lowest BCUT2D eigenvalue weighted by molar-refractivity contribution is 0.0176. The topological polar surface area (TPSA) is 27.7 Å². The second kappa shape index (κ2) is 4.74. The molecule has 0 N–H and O–H groups in total. The van der Waals surface area contributed by atoms with Crippen LogP contribution in [0.4, 0.5) is 0 Å². The Kier molecular flexibility index (Phi) is 3.34. The highest BCUT2D eigenvalue weighted by Crippen LogP contribution is 2.33. The Hall–Kier alpha value is -1.22. The lowest BCUT2D eigenvalue weighted by Gasteiger charge is -2.21. The number of ether oxygens (including phenoxy) is 3. The summed E-state index contributed by atoms with van der Waals surface area (Å²) < 4.78 is 16.7. The predicted octanol–water partition coefficient (Wildman–Crippen LogP) is 2.94. The van der Waals surface area contributed by atoms with Crippen LogP contribution in [0.15, 0.2) is 18.2 Å². The standard InChI is InChI=1S/C13H18O3/c1-9(2)16-10(3)11-4-5-12-13(8-11)15-7-6-14-12/h4-5,8-10H,6-7H2,1-3H3. The van der Waals surface area contributed by atoms with Crippen LogP contribution in [0.25, 0.3) is 0 Å². The van der Waals surface area contributed by atoms with Crippen LogP contribution >= 0.6 is 0 Å². The summed E-state index contributed by atoms with van der Waals surface area (Å²) in [5.74, 6) is 1.65. The number of hydrogen-bond acceptors (Lipinski definition) is 3. The minimum atomic E-state index is 0.0795. The van der Waals surface area contributed by atoms with Crippen molar-refractivity contribution >= 4 is 0 Å². The second-order valence-corrected chi connectivity index (χ2v) is 4.23. The van der Waals surface area contributed by atoms with Crippen molar-refractivity contribution in [3.63, 3.8) is 0 Å². The maximum Gasteiger partial charge on any atom is 0.161 e. The molecule has 1 aromatic rings. The van der Waals surface area contributed by atoms with Crippen molar-refractivity contribution in [2.75, 3.05) is 13.2 Å². The number of rotatable bonds is 3. The van der Waals surface area contributed by atoms with Crippen LogP contribution < -0.4 is 9.47 Å². The molecule has 3 heteroatoms. The van der Waals surface area contributed by atoms with Gasteiger partial charge in [0.15, 0.2) is 11.5 Å². The molecular formula is C13H18O3. The zero-order chi connectivity index (χ0) is 11.5. The van der Waals surface area contributed by atoms with Crippen molar-refractivity contribution < 1.29 is 14.2 Å². The molecule has 1 heterocycles. The Morgan fingerprint density at radius 2 is 1.75 bits per heavy atom. The van der Waals surface area contributed by atoms with Gasteiger partial charge < -0.3 is 14.2 Å². The highest BCUT2D eigenvalue weighted by atomic mass is 16.6. The SMILES string of the molecule is CC(C)OC(C)c1ccc2c(c1)OCCO2. The normalized spacial score (nSPS) is 16.2. The Bertz CT molecular complexity index is 360. The van der Waals surface area contributed by atoms with E-state index in [9.17, 15) is 0 Å². The lowest BCUT2D eigenvalue weighted by atomic mass is 10.1. The van der Waals surface area contributed by atoms with Crippen molar-refractivity contribution in [3.05, 3.63) is 23.8 Å². The number of hydrogen-bond donors (Lipinski definition) is 0. The molecule has 2 rings (SSSR count). The maximum absolute atomic E-state index is 5.73. The molecule has 0 amide bonds. The molecule has 16 heavy (non-hydrogen) atoms. The first-order valence-electron chi connectivity index (χ1n) is 5.72. The molecule has 0 saturated carbocycles. The molecule has 1 aliphatic rings. The zero-order valence-electron chi connectivity index (χ0n) is 10.0. The van der Waals surface area contributed by atoms with E-state index in [2.05, 4.69) is 0 Å². The third kappa shape index (κ3) is 2.47. The maximum atomic E-state index is 5.73. The highest BCUT2D eigenvalue weighted by molar-refractivity contribution is 5.44. The molecule has 0 aliphatic carbocycles. The molecule has 0 bridgehead atoms. The highest BCUT2D eigenvalue weighted by Gasteiger charge is 2.15. The molecule has 0 radical (unpaired) electrons. The average molecular weight is 222 g/mol. The molecule has 88 valence electrons. The third-order valence-corrected chi connectivity index (χ3v) is 2.51. The van der Waals surface area contributed by atoms with Crippen LogP contribution in [0.1, 0.15) is 32.4 Å². The van der Waals surface area contributed by atoms with Gasteiger partial charge in [-0.1, -0.05) is 6.07 Å². The fourth-order valence-electron chi connectivity index (χ4n) is 1.80. The summed E-state index contributed by atoms with van der Waals surface area (Å²) in [6.07, 6.45) is 0.305. The van der Waals surface area contributed by atoms with Gasteiger partial charge >= 0.3 is 0 Å². The van der Waals surface area contributed by atoms with E-state index in [1.807, 2.05) is 39.0 Å². The summed E-state index contributed by atoms with van der Waals surface area (Å²) in [6.45, 7) is 7.37. The summed E-state index contributed by atoms with van der Waals surface area (Å²) in [5.41, 5.74) is 1.12. The van der Waals surface area contributed by atoms with Gasteiger partial charge in [0.25, 0.3) is 0 Å². The van der Waals surface area contributed by atoms with E-state index >= 15 is 0 Å². The first kappa shape index (κ1) is 11.3. The Morgan fingerprint density at radius 1 is 1.06 bits per heavy atom. The van der Waals surface area contributed by atoms with Crippen LogP contribution in [-0.2, 0) is 4.74 Å². The van der Waals surface area contributed by atoms with Gasteiger partial charge in [-0.05, 0) is 38.5 Å². The molecular weight excluding hydrogens is 204 g/mol. The van der Waals surface area contributed by atoms with Gasteiger partial charge in [-0.15, -0.1) is 0 Å². The van der Waals surface area contributed by atoms with Crippen molar-refractivity contribution in [2.24, 2.45) is 0 Å². The fourth-order valence-corrected chi connectivity index (χ4v) is 1.80. The summed E-state index contributed by atoms with van der Waals surface area (Å²) >= 11 is 0. The van der Waals surface area contributed by atoms with Gasteiger partial charge in [-0.2, -0.15) is 0 Å². The molecule has 1 aromatic carbocycles. The van der Waals surface area contributed by atoms with E-state index in [-0.39, 0.29) is 12.2 Å². The largest absolute Gasteiger partial charge is 0.486 e. The van der Waals surface area contributed by atoms with Crippen molar-refractivity contribution in [2.45, 2.75) is 33.0 Å². The summed E-state index contributed by atoms with van der Waals surface area (Å²) in [5, 5.41) is 0. The Balaban J connectivity index is 2.16. The quantitative estimate of drug-likeness (QED) is 0.787. The summed E-state index contributed by atoms with van der Waals surface area (Å²) in [7, 11) is 0. The van der Waals surface area contributed by atoms with Crippen LogP contribution in [-0.4, -0.2) is 19.3 Å². The van der Waals surface area contributed by atoms with Gasteiger partial charge in [0.05, 0.1) is 12.2 Å². The van der Waals surface area contributed by atoms with E-state index in [1.165, 1.54) is 0 Å². The van der Waals surface area contributed by atoms with Crippen LogP contribution in [0, 0.1) is 0 Å². The van der Waals surface area contributed by atoms with Gasteiger partial charge in [0, 0.05) is 0 Å². The van der Waals surface area contributed by atoms with E-state index < -0.39 is 0 Å². The molecule has 0 saturated heterocycles. The number of benzene rings is 1. The number of fused-ring (bicyclic) bond motifs is 1. The average Bonchev–Trinajstić information content (AvgIpc) is 2.27. The summed E-state index contributed by atoms with van der Waals surface area (Å²) in [6, 6.07) is 5.98. The molecule has 1 aliphatic heterocycles. The molecule has 1 unspecified atom stereocenters. The van der Waals surface area contributed by atoms with E-state index in [0.29, 0.717) is 13.2 Å². The first-order valence-corrected chi connectivity index (χ1v) is 5.72. The first-order chi connectivity index (χ1) is 7.66. The Morgan fingerprint density at radius 3 is 2.44 bits per heavy atom. The van der Waals surface area contributed by atoms with E-state index in [4.69, 9.17) is 14.2 Å². The lowest BCUT2D eigenvalue weighted by Crippen LogP contribution is -2.16. The van der Waals surface area contributed by atoms with Gasteiger partial charge in [0.2, 0.25) is 0 Å². The van der Waals surface area contributed by atoms with Gasteiger partial charge in [-0.3, -0.25) is 0 Å². The van der Waals surface area contributed by atoms with Crippen LogP contribution in [0.2, 0.25) is 0 Å². The molecule has 0 spiro atoms. The predicted molar refractivity (Wildman–Crippen MR) is 62.1 cm³/mol. The monoisotopic (exact) mass is 222 g/mol. The van der Waals surface area contributed by atoms with Crippen molar-refractivity contribution in [3.8, 4) is 11.5 Å². The minimum absolute atomic E-state index is 0.0795. The van der Waals surface area contributed by atoms with Crippen molar-refractivity contribution in [1.82, 2.24) is 0 Å². The van der Waals surface area contributed by atoms with Gasteiger partial charge in [0.1, 0.15) is 13.2 Å². The van der Waals surface area contributed by atoms with E-state index in [1.54, 1.807) is 0 Å². The molecule has 0 fully saturated rings. The summed E-state index contributed by atoms with van der Waals surface area (Å²) in [4.78, 5) is 0. The van der Waals surface area contributed by atoms with Crippen LogP contribution in [0.5, 0.6) is 11.5 Å². The smallest absolute Gasteiger partial charge is 0.161 e. The second-order valence-electron chi connectivity index (χ2n) is 4.23. The molecule has 3 nitrogen and oxygen atoms in total. The van der Waals surface area contributed by atoms with Gasteiger partial charge in [-0.25, -0.2) is 0 Å². The Labute approximate surface area is 96.3 Å². The minimum Gasteiger partial charge on any atom is -0.486 e. The van der Waals surface area contributed by atoms with E-state index in [0.717, 1.165) is 17.1 Å². The van der Waals surface area contributed by atoms with Crippen LogP contribution in [0.3, 0.4) is 0 Å².